The number of nitrogens with one attached hydrogen (secondary N) is 1. The molecule has 0 atom stereocenters. The smallest absolute Gasteiger partial charge is 0.261 e. The molecule has 7 heteroatoms. The summed E-state index contributed by atoms with van der Waals surface area (Å²) < 4.78 is 39.5. The normalized spacial score (nSPS) is 11.3. The van der Waals surface area contributed by atoms with Crippen molar-refractivity contribution in [3.8, 4) is 0 Å². The van der Waals surface area contributed by atoms with Gasteiger partial charge in [-0.15, -0.1) is 0 Å². The monoisotopic (exact) mass is 300 g/mol. The number of nitrogen functional groups attached to an aromatic ring is 1. The molecule has 0 aromatic heterocycles. The number of nitrogens with two attached hydrogens (primary N) is 1. The molecule has 19 heavy (non-hydrogen) atoms. The van der Waals surface area contributed by atoms with Gasteiger partial charge in [-0.1, -0.05) is 17.7 Å². The molecule has 0 radical (unpaired) electrons. The first-order chi connectivity index (χ1) is 8.88. The van der Waals surface area contributed by atoms with Crippen molar-refractivity contribution in [1.29, 1.82) is 0 Å². The predicted molar refractivity (Wildman–Crippen MR) is 73.1 cm³/mol. The van der Waals surface area contributed by atoms with Crippen molar-refractivity contribution in [2.24, 2.45) is 0 Å². The second-order valence-electron chi connectivity index (χ2n) is 3.81. The molecule has 0 spiro atoms. The minimum absolute atomic E-state index is 0.00265. The molecule has 2 aromatic rings. The van der Waals surface area contributed by atoms with Crippen LogP contribution in [0.1, 0.15) is 0 Å². The van der Waals surface area contributed by atoms with Crippen LogP contribution in [0.4, 0.5) is 15.8 Å². The van der Waals surface area contributed by atoms with Crippen LogP contribution in [0, 0.1) is 5.82 Å². The Morgan fingerprint density at radius 1 is 1.16 bits per heavy atom. The summed E-state index contributed by atoms with van der Waals surface area (Å²) >= 11 is 5.52. The van der Waals surface area contributed by atoms with Crippen LogP contribution < -0.4 is 10.5 Å². The first-order valence-electron chi connectivity index (χ1n) is 5.22. The molecule has 0 amide bonds. The molecule has 2 rings (SSSR count). The van der Waals surface area contributed by atoms with Gasteiger partial charge in [0.25, 0.3) is 10.0 Å². The highest BCUT2D eigenvalue weighted by atomic mass is 35.5. The van der Waals surface area contributed by atoms with E-state index in [1.165, 1.54) is 30.3 Å². The highest BCUT2D eigenvalue weighted by Gasteiger charge is 2.15. The zero-order valence-corrected chi connectivity index (χ0v) is 11.2. The van der Waals surface area contributed by atoms with Crippen molar-refractivity contribution in [1.82, 2.24) is 0 Å². The van der Waals surface area contributed by atoms with E-state index in [-0.39, 0.29) is 15.6 Å². The lowest BCUT2D eigenvalue weighted by atomic mass is 10.3. The average Bonchev–Trinajstić information content (AvgIpc) is 2.33. The predicted octanol–water partition coefficient (Wildman–Crippen LogP) is 2.86. The molecule has 0 saturated carbocycles. The largest absolute Gasteiger partial charge is 0.399 e. The second kappa shape index (κ2) is 5.07. The van der Waals surface area contributed by atoms with Crippen molar-refractivity contribution < 1.29 is 12.8 Å². The molecule has 0 unspecified atom stereocenters. The Labute approximate surface area is 115 Å². The van der Waals surface area contributed by atoms with Gasteiger partial charge >= 0.3 is 0 Å². The van der Waals surface area contributed by atoms with Gasteiger partial charge in [-0.2, -0.15) is 0 Å². The number of rotatable bonds is 3. The Balaban J connectivity index is 2.33. The van der Waals surface area contributed by atoms with E-state index in [2.05, 4.69) is 4.72 Å². The second-order valence-corrected chi connectivity index (χ2v) is 5.90. The van der Waals surface area contributed by atoms with E-state index in [1.807, 2.05) is 0 Å². The van der Waals surface area contributed by atoms with Crippen LogP contribution in [-0.2, 0) is 10.0 Å². The fourth-order valence-electron chi connectivity index (χ4n) is 1.46. The lowest BCUT2D eigenvalue weighted by molar-refractivity contribution is 0.601. The lowest BCUT2D eigenvalue weighted by Gasteiger charge is -2.09. The number of halogens is 2. The summed E-state index contributed by atoms with van der Waals surface area (Å²) in [6, 6.07) is 9.45. The Kier molecular flexibility index (Phi) is 3.64. The number of sulfonamides is 1. The summed E-state index contributed by atoms with van der Waals surface area (Å²) in [5.74, 6) is -0.700. The minimum Gasteiger partial charge on any atom is -0.399 e. The van der Waals surface area contributed by atoms with Gasteiger partial charge in [-0.25, -0.2) is 12.8 Å². The Morgan fingerprint density at radius 3 is 2.53 bits per heavy atom. The summed E-state index contributed by atoms with van der Waals surface area (Å²) in [4.78, 5) is 0.00265. The molecule has 0 aliphatic rings. The van der Waals surface area contributed by atoms with Gasteiger partial charge in [-0.3, -0.25) is 4.72 Å². The number of benzene rings is 2. The standard InChI is InChI=1S/C12H10ClFN2O2S/c13-11-5-4-9(7-12(11)14)16-19(17,18)10-3-1-2-8(15)6-10/h1-7,16H,15H2. The first-order valence-corrected chi connectivity index (χ1v) is 7.08. The summed E-state index contributed by atoms with van der Waals surface area (Å²) in [5, 5.41) is -0.0769. The summed E-state index contributed by atoms with van der Waals surface area (Å²) in [6.45, 7) is 0. The van der Waals surface area contributed by atoms with E-state index in [1.54, 1.807) is 6.07 Å². The van der Waals surface area contributed by atoms with Gasteiger partial charge in [-0.05, 0) is 36.4 Å². The number of hydrogen-bond acceptors (Lipinski definition) is 3. The third-order valence-electron chi connectivity index (χ3n) is 2.34. The third-order valence-corrected chi connectivity index (χ3v) is 4.03. The first kappa shape index (κ1) is 13.6. The van der Waals surface area contributed by atoms with Crippen LogP contribution >= 0.6 is 11.6 Å². The topological polar surface area (TPSA) is 72.2 Å². The molecule has 100 valence electrons. The lowest BCUT2D eigenvalue weighted by Crippen LogP contribution is -2.13. The maximum atomic E-state index is 13.2. The highest BCUT2D eigenvalue weighted by Crippen LogP contribution is 2.22. The van der Waals surface area contributed by atoms with E-state index >= 15 is 0 Å². The maximum absolute atomic E-state index is 13.2. The Bertz CT molecular complexity index is 719. The van der Waals surface area contributed by atoms with Gasteiger partial charge < -0.3 is 5.73 Å². The van der Waals surface area contributed by atoms with Crippen molar-refractivity contribution in [3.63, 3.8) is 0 Å². The molecule has 0 fully saturated rings. The zero-order valence-electron chi connectivity index (χ0n) is 9.60. The van der Waals surface area contributed by atoms with E-state index in [0.717, 1.165) is 6.07 Å². The van der Waals surface area contributed by atoms with Crippen molar-refractivity contribution in [2.75, 3.05) is 10.5 Å². The fourth-order valence-corrected chi connectivity index (χ4v) is 2.68. The number of anilines is 2. The van der Waals surface area contributed by atoms with Crippen LogP contribution in [0.2, 0.25) is 5.02 Å². The molecule has 0 saturated heterocycles. The van der Waals surface area contributed by atoms with Crippen LogP contribution in [0.25, 0.3) is 0 Å². The van der Waals surface area contributed by atoms with Crippen LogP contribution in [0.5, 0.6) is 0 Å². The summed E-state index contributed by atoms with van der Waals surface area (Å²) in [5.41, 5.74) is 5.93. The molecule has 0 bridgehead atoms. The van der Waals surface area contributed by atoms with Gasteiger partial charge in [0, 0.05) is 5.69 Å². The third kappa shape index (κ3) is 3.15. The van der Waals surface area contributed by atoms with E-state index in [0.29, 0.717) is 5.69 Å². The Morgan fingerprint density at radius 2 is 1.89 bits per heavy atom. The highest BCUT2D eigenvalue weighted by molar-refractivity contribution is 7.92. The number of hydrogen-bond donors (Lipinski definition) is 2. The molecule has 2 aromatic carbocycles. The van der Waals surface area contributed by atoms with Crippen LogP contribution in [0.15, 0.2) is 47.4 Å². The molecule has 0 aliphatic carbocycles. The van der Waals surface area contributed by atoms with E-state index in [9.17, 15) is 12.8 Å². The van der Waals surface area contributed by atoms with Crippen LogP contribution in [-0.4, -0.2) is 8.42 Å². The van der Waals surface area contributed by atoms with Gasteiger partial charge in [0.2, 0.25) is 0 Å². The van der Waals surface area contributed by atoms with Crippen molar-refractivity contribution in [3.05, 3.63) is 53.3 Å². The zero-order chi connectivity index (χ0) is 14.0. The Hall–Kier alpha value is -1.79. The van der Waals surface area contributed by atoms with Crippen molar-refractivity contribution >= 4 is 33.0 Å². The quantitative estimate of drug-likeness (QED) is 0.856. The molecule has 3 N–H and O–H groups in total. The molecular weight excluding hydrogens is 291 g/mol. The van der Waals surface area contributed by atoms with E-state index < -0.39 is 15.8 Å². The summed E-state index contributed by atoms with van der Waals surface area (Å²) in [6.07, 6.45) is 0. The SMILES string of the molecule is Nc1cccc(S(=O)(=O)Nc2ccc(Cl)c(F)c2)c1. The molecule has 0 aliphatic heterocycles. The molecular formula is C12H10ClFN2O2S. The van der Waals surface area contributed by atoms with Crippen LogP contribution in [0.3, 0.4) is 0 Å². The van der Waals surface area contributed by atoms with Gasteiger partial charge in [0.15, 0.2) is 0 Å². The maximum Gasteiger partial charge on any atom is 0.261 e. The summed E-state index contributed by atoms with van der Waals surface area (Å²) in [7, 11) is -3.81. The molecule has 4 nitrogen and oxygen atoms in total. The minimum atomic E-state index is -3.81. The fraction of sp³-hybridized carbons (Fsp3) is 0. The van der Waals surface area contributed by atoms with E-state index in [4.69, 9.17) is 17.3 Å². The molecule has 0 heterocycles. The van der Waals surface area contributed by atoms with Crippen molar-refractivity contribution in [2.45, 2.75) is 4.90 Å². The average molecular weight is 301 g/mol. The van der Waals surface area contributed by atoms with Gasteiger partial charge in [0.05, 0.1) is 15.6 Å². The van der Waals surface area contributed by atoms with Gasteiger partial charge in [0.1, 0.15) is 5.82 Å².